The van der Waals surface area contributed by atoms with E-state index in [1.165, 1.54) is 0 Å². The molecule has 5 heteroatoms. The Balaban J connectivity index is 1.78. The molecule has 1 heterocycles. The van der Waals surface area contributed by atoms with Crippen molar-refractivity contribution in [1.82, 2.24) is 0 Å². The Bertz CT molecular complexity index is 920. The van der Waals surface area contributed by atoms with E-state index in [4.69, 9.17) is 9.47 Å². The highest BCUT2D eigenvalue weighted by Crippen LogP contribution is 2.32. The average molecular weight is 452 g/mol. The van der Waals surface area contributed by atoms with E-state index in [1.54, 1.807) is 0 Å². The van der Waals surface area contributed by atoms with E-state index in [0.717, 1.165) is 79.9 Å². The molecule has 0 radical (unpaired) electrons. The summed E-state index contributed by atoms with van der Waals surface area (Å²) >= 11 is 0. The minimum Gasteiger partial charge on any atom is -0.491 e. The molecular weight excluding hydrogens is 414 g/mol. The van der Waals surface area contributed by atoms with Crippen molar-refractivity contribution < 1.29 is 19.4 Å². The lowest BCUT2D eigenvalue weighted by atomic mass is 9.99. The first kappa shape index (κ1) is 24.8. The quantitative estimate of drug-likeness (QED) is 0.400. The third kappa shape index (κ3) is 7.36. The lowest BCUT2D eigenvalue weighted by molar-refractivity contribution is -0.132. The molecular formula is C28H37NO4. The molecule has 0 saturated heterocycles. The van der Waals surface area contributed by atoms with Gasteiger partial charge in [-0.2, -0.15) is 0 Å². The van der Waals surface area contributed by atoms with Gasteiger partial charge in [-0.1, -0.05) is 38.5 Å². The van der Waals surface area contributed by atoms with E-state index in [2.05, 4.69) is 49.1 Å². The molecule has 0 unspecified atom stereocenters. The van der Waals surface area contributed by atoms with Crippen molar-refractivity contribution in [2.75, 3.05) is 37.8 Å². The molecule has 0 aromatic heterocycles. The second-order valence-electron chi connectivity index (χ2n) is 8.53. The van der Waals surface area contributed by atoms with Gasteiger partial charge < -0.3 is 19.5 Å². The predicted octanol–water partition coefficient (Wildman–Crippen LogP) is 6.42. The van der Waals surface area contributed by atoms with Crippen LogP contribution in [0.2, 0.25) is 0 Å². The summed E-state index contributed by atoms with van der Waals surface area (Å²) in [6, 6.07) is 14.4. The number of hydrogen-bond acceptors (Lipinski definition) is 4. The summed E-state index contributed by atoms with van der Waals surface area (Å²) in [5, 5.41) is 9.69. The normalized spacial score (nSPS) is 14.0. The number of benzene rings is 2. The first-order chi connectivity index (χ1) is 16.1. The van der Waals surface area contributed by atoms with Crippen molar-refractivity contribution >= 4 is 17.7 Å². The van der Waals surface area contributed by atoms with E-state index in [-0.39, 0.29) is 0 Å². The molecule has 0 spiro atoms. The largest absolute Gasteiger partial charge is 0.491 e. The van der Waals surface area contributed by atoms with Gasteiger partial charge in [-0.15, -0.1) is 0 Å². The monoisotopic (exact) mass is 451 g/mol. The standard InChI is InChI=1S/C28H37NO4/c1-3-5-17-32-18-19-33-26-12-9-22(10-13-26)23-11-14-27-25(20-23)21-24(28(30)31)8-6-7-16-29(27)15-4-2/h9-14,20-21H,3-8,15-19H2,1-2H3,(H,30,31). The molecule has 0 fully saturated rings. The smallest absolute Gasteiger partial charge is 0.331 e. The van der Waals surface area contributed by atoms with Crippen LogP contribution >= 0.6 is 0 Å². The number of nitrogens with zero attached hydrogens (tertiary/aromatic N) is 1. The van der Waals surface area contributed by atoms with Crippen molar-refractivity contribution in [2.45, 2.75) is 52.4 Å². The molecule has 0 aliphatic carbocycles. The highest BCUT2D eigenvalue weighted by molar-refractivity contribution is 5.94. The van der Waals surface area contributed by atoms with Gasteiger partial charge in [0.05, 0.1) is 6.61 Å². The highest BCUT2D eigenvalue weighted by Gasteiger charge is 2.16. The Labute approximate surface area is 198 Å². The molecule has 0 amide bonds. The van der Waals surface area contributed by atoms with Crippen molar-refractivity contribution in [3.05, 3.63) is 53.6 Å². The Morgan fingerprint density at radius 1 is 0.970 bits per heavy atom. The molecule has 2 aromatic carbocycles. The number of carboxylic acids is 1. The van der Waals surface area contributed by atoms with Crippen LogP contribution in [-0.2, 0) is 9.53 Å². The van der Waals surface area contributed by atoms with Gasteiger partial charge in [-0.05, 0) is 79.1 Å². The van der Waals surface area contributed by atoms with Crippen LogP contribution in [0.15, 0.2) is 48.0 Å². The zero-order chi connectivity index (χ0) is 23.5. The van der Waals surface area contributed by atoms with Crippen LogP contribution in [0.1, 0.15) is 57.9 Å². The van der Waals surface area contributed by atoms with Gasteiger partial charge in [-0.25, -0.2) is 4.79 Å². The van der Waals surface area contributed by atoms with E-state index in [0.29, 0.717) is 25.2 Å². The molecule has 178 valence electrons. The number of carboxylic acid groups (broad SMARTS) is 1. The molecule has 5 nitrogen and oxygen atoms in total. The lowest BCUT2D eigenvalue weighted by Gasteiger charge is -2.26. The fraction of sp³-hybridized carbons (Fsp3) is 0.464. The third-order valence-electron chi connectivity index (χ3n) is 5.92. The molecule has 33 heavy (non-hydrogen) atoms. The summed E-state index contributed by atoms with van der Waals surface area (Å²) in [6.07, 6.45) is 7.63. The van der Waals surface area contributed by atoms with Crippen LogP contribution in [0.3, 0.4) is 0 Å². The van der Waals surface area contributed by atoms with Gasteiger partial charge in [0.1, 0.15) is 12.4 Å². The SMILES string of the molecule is CCCCOCCOc1ccc(-c2ccc3c(c2)C=C(C(=O)O)CCCCN3CCC)cc1. The fourth-order valence-corrected chi connectivity index (χ4v) is 4.12. The first-order valence-corrected chi connectivity index (χ1v) is 12.3. The summed E-state index contributed by atoms with van der Waals surface area (Å²) < 4.78 is 11.3. The maximum atomic E-state index is 11.8. The molecule has 2 aromatic rings. The molecule has 1 N–H and O–H groups in total. The van der Waals surface area contributed by atoms with Crippen molar-refractivity contribution in [2.24, 2.45) is 0 Å². The van der Waals surface area contributed by atoms with Gasteiger partial charge in [0, 0.05) is 31.0 Å². The van der Waals surface area contributed by atoms with Crippen LogP contribution in [-0.4, -0.2) is 44.0 Å². The average Bonchev–Trinajstić information content (AvgIpc) is 2.91. The number of hydrogen-bond donors (Lipinski definition) is 1. The van der Waals surface area contributed by atoms with E-state index in [1.807, 2.05) is 18.2 Å². The number of aliphatic carboxylic acids is 1. The summed E-state index contributed by atoms with van der Waals surface area (Å²) in [5.41, 5.74) is 4.72. The Morgan fingerprint density at radius 3 is 2.48 bits per heavy atom. The molecule has 0 bridgehead atoms. The number of ether oxygens (including phenoxy) is 2. The topological polar surface area (TPSA) is 59.0 Å². The highest BCUT2D eigenvalue weighted by atomic mass is 16.5. The second kappa shape index (κ2) is 13.0. The summed E-state index contributed by atoms with van der Waals surface area (Å²) in [7, 11) is 0. The Hall–Kier alpha value is -2.79. The van der Waals surface area contributed by atoms with Crippen LogP contribution in [0, 0.1) is 0 Å². The Kier molecular flexibility index (Phi) is 9.82. The van der Waals surface area contributed by atoms with Gasteiger partial charge in [0.15, 0.2) is 0 Å². The van der Waals surface area contributed by atoms with Crippen LogP contribution in [0.4, 0.5) is 5.69 Å². The molecule has 3 rings (SSSR count). The van der Waals surface area contributed by atoms with E-state index >= 15 is 0 Å². The lowest BCUT2D eigenvalue weighted by Crippen LogP contribution is -2.25. The maximum absolute atomic E-state index is 11.8. The third-order valence-corrected chi connectivity index (χ3v) is 5.92. The van der Waals surface area contributed by atoms with Crippen LogP contribution in [0.5, 0.6) is 5.75 Å². The number of anilines is 1. The van der Waals surface area contributed by atoms with Crippen LogP contribution in [0.25, 0.3) is 17.2 Å². The van der Waals surface area contributed by atoms with Gasteiger partial charge >= 0.3 is 5.97 Å². The number of unbranched alkanes of at least 4 members (excludes halogenated alkanes) is 1. The molecule has 1 aliphatic heterocycles. The minimum absolute atomic E-state index is 0.483. The van der Waals surface area contributed by atoms with Crippen LogP contribution < -0.4 is 9.64 Å². The molecule has 0 atom stereocenters. The zero-order valence-electron chi connectivity index (χ0n) is 20.0. The fourth-order valence-electron chi connectivity index (χ4n) is 4.12. The minimum atomic E-state index is -0.824. The summed E-state index contributed by atoms with van der Waals surface area (Å²) in [4.78, 5) is 14.2. The molecule has 0 saturated carbocycles. The van der Waals surface area contributed by atoms with E-state index in [9.17, 15) is 9.90 Å². The number of rotatable bonds is 11. The van der Waals surface area contributed by atoms with Gasteiger partial charge in [0.25, 0.3) is 0 Å². The predicted molar refractivity (Wildman–Crippen MR) is 135 cm³/mol. The number of carbonyl (C=O) groups is 1. The van der Waals surface area contributed by atoms with Crippen molar-refractivity contribution in [1.29, 1.82) is 0 Å². The maximum Gasteiger partial charge on any atom is 0.331 e. The van der Waals surface area contributed by atoms with Crippen molar-refractivity contribution in [3.63, 3.8) is 0 Å². The zero-order valence-corrected chi connectivity index (χ0v) is 20.0. The second-order valence-corrected chi connectivity index (χ2v) is 8.53. The summed E-state index contributed by atoms with van der Waals surface area (Å²) in [6.45, 7) is 8.17. The molecule has 1 aliphatic rings. The van der Waals surface area contributed by atoms with Gasteiger partial charge in [-0.3, -0.25) is 0 Å². The number of fused-ring (bicyclic) bond motifs is 1. The van der Waals surface area contributed by atoms with E-state index < -0.39 is 5.97 Å². The summed E-state index contributed by atoms with van der Waals surface area (Å²) in [5.74, 6) is -0.00164. The van der Waals surface area contributed by atoms with Gasteiger partial charge in [0.2, 0.25) is 0 Å². The first-order valence-electron chi connectivity index (χ1n) is 12.3. The Morgan fingerprint density at radius 2 is 1.76 bits per heavy atom. The van der Waals surface area contributed by atoms with Crippen molar-refractivity contribution in [3.8, 4) is 16.9 Å².